The largest absolute Gasteiger partial charge is 0.488 e. The Balaban J connectivity index is 2.79. The number of benzene rings is 1. The van der Waals surface area contributed by atoms with Gasteiger partial charge in [0.05, 0.1) is 6.10 Å². The molecule has 1 aromatic rings. The van der Waals surface area contributed by atoms with E-state index in [0.717, 1.165) is 10.0 Å². The maximum absolute atomic E-state index is 9.46. The van der Waals surface area contributed by atoms with E-state index in [2.05, 4.69) is 22.5 Å². The second-order valence-corrected chi connectivity index (χ2v) is 4.14. The van der Waals surface area contributed by atoms with E-state index in [1.165, 1.54) is 0 Å². The summed E-state index contributed by atoms with van der Waals surface area (Å²) >= 11 is 3.21. The highest BCUT2D eigenvalue weighted by Crippen LogP contribution is 2.25. The molecule has 0 aliphatic carbocycles. The quantitative estimate of drug-likeness (QED) is 0.898. The second-order valence-electron chi connectivity index (χ2n) is 3.02. The molecule has 2 nitrogen and oxygen atoms in total. The third-order valence-corrected chi connectivity index (χ3v) is 1.98. The Morgan fingerprint density at radius 2 is 2.21 bits per heavy atom. The predicted molar refractivity (Wildman–Crippen MR) is 60.6 cm³/mol. The average molecular weight is 257 g/mol. The number of aliphatic hydroxyl groups is 1. The van der Waals surface area contributed by atoms with Crippen LogP contribution in [0.5, 0.6) is 5.75 Å². The lowest BCUT2D eigenvalue weighted by atomic mass is 10.1. The van der Waals surface area contributed by atoms with Crippen LogP contribution in [0.25, 0.3) is 0 Å². The molecule has 0 fully saturated rings. The van der Waals surface area contributed by atoms with Gasteiger partial charge >= 0.3 is 0 Å². The van der Waals surface area contributed by atoms with Crippen LogP contribution in [0.4, 0.5) is 0 Å². The van der Waals surface area contributed by atoms with Crippen LogP contribution >= 0.6 is 15.9 Å². The number of halogens is 1. The molecule has 14 heavy (non-hydrogen) atoms. The summed E-state index contributed by atoms with van der Waals surface area (Å²) in [5, 5.41) is 9.46. The van der Waals surface area contributed by atoms with Gasteiger partial charge in [-0.1, -0.05) is 40.7 Å². The van der Waals surface area contributed by atoms with Gasteiger partial charge < -0.3 is 9.84 Å². The summed E-state index contributed by atoms with van der Waals surface area (Å²) in [5.74, 6) is 0.697. The molecule has 0 aliphatic heterocycles. The minimum absolute atomic E-state index is 0.406. The molecule has 3 heteroatoms. The lowest BCUT2D eigenvalue weighted by molar-refractivity contribution is 0.193. The summed E-state index contributed by atoms with van der Waals surface area (Å²) in [4.78, 5) is 0. The van der Waals surface area contributed by atoms with E-state index in [0.29, 0.717) is 12.4 Å². The van der Waals surface area contributed by atoms with Gasteiger partial charge in [-0.05, 0) is 13.0 Å². The zero-order valence-electron chi connectivity index (χ0n) is 8.03. The highest BCUT2D eigenvalue weighted by atomic mass is 79.9. The molecular formula is C11H13BrO2. The topological polar surface area (TPSA) is 29.5 Å². The SMILES string of the molecule is C=C(Br)COc1ccccc1[C@H](C)O. The van der Waals surface area contributed by atoms with Crippen molar-refractivity contribution in [2.45, 2.75) is 13.0 Å². The smallest absolute Gasteiger partial charge is 0.125 e. The van der Waals surface area contributed by atoms with E-state index in [1.54, 1.807) is 6.92 Å². The predicted octanol–water partition coefficient (Wildman–Crippen LogP) is 3.03. The summed E-state index contributed by atoms with van der Waals surface area (Å²) in [6.07, 6.45) is -0.519. The normalized spacial score (nSPS) is 12.2. The van der Waals surface area contributed by atoms with Crippen molar-refractivity contribution in [2.75, 3.05) is 6.61 Å². The Bertz CT molecular complexity index is 321. The molecular weight excluding hydrogens is 244 g/mol. The Hall–Kier alpha value is -0.800. The van der Waals surface area contributed by atoms with Gasteiger partial charge in [-0.2, -0.15) is 0 Å². The molecule has 0 aliphatic rings. The van der Waals surface area contributed by atoms with E-state index < -0.39 is 6.10 Å². The third-order valence-electron chi connectivity index (χ3n) is 1.75. The standard InChI is InChI=1S/C11H13BrO2/c1-8(12)7-14-11-6-4-3-5-10(11)9(2)13/h3-6,9,13H,1,7H2,2H3/t9-/m0/s1. The third kappa shape index (κ3) is 3.16. The highest BCUT2D eigenvalue weighted by Gasteiger charge is 2.07. The van der Waals surface area contributed by atoms with Gasteiger partial charge in [0.2, 0.25) is 0 Å². The summed E-state index contributed by atoms with van der Waals surface area (Å²) < 4.78 is 6.23. The first-order valence-corrected chi connectivity index (χ1v) is 5.13. The average Bonchev–Trinajstić information content (AvgIpc) is 2.15. The molecule has 0 saturated heterocycles. The van der Waals surface area contributed by atoms with Crippen LogP contribution in [0.15, 0.2) is 35.3 Å². The minimum Gasteiger partial charge on any atom is -0.488 e. The van der Waals surface area contributed by atoms with Crippen molar-refractivity contribution in [1.82, 2.24) is 0 Å². The second kappa shape index (κ2) is 5.17. The maximum atomic E-state index is 9.46. The highest BCUT2D eigenvalue weighted by molar-refractivity contribution is 9.11. The number of ether oxygens (including phenoxy) is 1. The van der Waals surface area contributed by atoms with Crippen LogP contribution in [0.1, 0.15) is 18.6 Å². The first-order chi connectivity index (χ1) is 6.61. The lowest BCUT2D eigenvalue weighted by Gasteiger charge is -2.12. The Morgan fingerprint density at radius 1 is 1.57 bits per heavy atom. The molecule has 0 saturated carbocycles. The number of rotatable bonds is 4. The molecule has 0 bridgehead atoms. The van der Waals surface area contributed by atoms with Crippen LogP contribution in [0.3, 0.4) is 0 Å². The number of para-hydroxylation sites is 1. The summed E-state index contributed by atoms with van der Waals surface area (Å²) in [6, 6.07) is 7.42. The zero-order chi connectivity index (χ0) is 10.6. The molecule has 1 N–H and O–H groups in total. The summed E-state index contributed by atoms with van der Waals surface area (Å²) in [6.45, 7) is 5.79. The maximum Gasteiger partial charge on any atom is 0.125 e. The number of hydrogen-bond donors (Lipinski definition) is 1. The Labute approximate surface area is 92.3 Å². The van der Waals surface area contributed by atoms with Crippen LogP contribution < -0.4 is 4.74 Å². The van der Waals surface area contributed by atoms with Gasteiger partial charge in [0.25, 0.3) is 0 Å². The van der Waals surface area contributed by atoms with E-state index in [-0.39, 0.29) is 0 Å². The van der Waals surface area contributed by atoms with Crippen LogP contribution in [0.2, 0.25) is 0 Å². The van der Waals surface area contributed by atoms with E-state index in [9.17, 15) is 5.11 Å². The summed E-state index contributed by atoms with van der Waals surface area (Å²) in [7, 11) is 0. The zero-order valence-corrected chi connectivity index (χ0v) is 9.62. The molecule has 0 radical (unpaired) electrons. The van der Waals surface area contributed by atoms with E-state index in [4.69, 9.17) is 4.74 Å². The van der Waals surface area contributed by atoms with E-state index in [1.807, 2.05) is 24.3 Å². The molecule has 0 amide bonds. The first kappa shape index (κ1) is 11.3. The van der Waals surface area contributed by atoms with Crippen molar-refractivity contribution < 1.29 is 9.84 Å². The van der Waals surface area contributed by atoms with Crippen LogP contribution in [0, 0.1) is 0 Å². The van der Waals surface area contributed by atoms with E-state index >= 15 is 0 Å². The van der Waals surface area contributed by atoms with Crippen molar-refractivity contribution in [1.29, 1.82) is 0 Å². The molecule has 0 spiro atoms. The van der Waals surface area contributed by atoms with Crippen LogP contribution in [-0.2, 0) is 0 Å². The molecule has 1 rings (SSSR count). The Kier molecular flexibility index (Phi) is 4.17. The molecule has 0 unspecified atom stereocenters. The van der Waals surface area contributed by atoms with Gasteiger partial charge in [0.15, 0.2) is 0 Å². The van der Waals surface area contributed by atoms with Gasteiger partial charge in [0, 0.05) is 10.0 Å². The molecule has 0 heterocycles. The number of hydrogen-bond acceptors (Lipinski definition) is 2. The van der Waals surface area contributed by atoms with Crippen molar-refractivity contribution in [3.8, 4) is 5.75 Å². The Morgan fingerprint density at radius 3 is 2.79 bits per heavy atom. The summed E-state index contributed by atoms with van der Waals surface area (Å²) in [5.41, 5.74) is 0.793. The first-order valence-electron chi connectivity index (χ1n) is 4.34. The lowest BCUT2D eigenvalue weighted by Crippen LogP contribution is -2.01. The molecule has 1 aromatic carbocycles. The van der Waals surface area contributed by atoms with Crippen molar-refractivity contribution in [2.24, 2.45) is 0 Å². The molecule has 0 aromatic heterocycles. The van der Waals surface area contributed by atoms with Crippen molar-refractivity contribution in [3.63, 3.8) is 0 Å². The van der Waals surface area contributed by atoms with Gasteiger partial charge in [0.1, 0.15) is 12.4 Å². The van der Waals surface area contributed by atoms with Crippen molar-refractivity contribution in [3.05, 3.63) is 40.9 Å². The van der Waals surface area contributed by atoms with Gasteiger partial charge in [-0.25, -0.2) is 0 Å². The van der Waals surface area contributed by atoms with Crippen LogP contribution in [-0.4, -0.2) is 11.7 Å². The van der Waals surface area contributed by atoms with Gasteiger partial charge in [-0.3, -0.25) is 0 Å². The fourth-order valence-corrected chi connectivity index (χ4v) is 1.23. The number of aliphatic hydroxyl groups excluding tert-OH is 1. The fraction of sp³-hybridized carbons (Fsp3) is 0.273. The molecule has 1 atom stereocenters. The molecule has 76 valence electrons. The monoisotopic (exact) mass is 256 g/mol. The van der Waals surface area contributed by atoms with Gasteiger partial charge in [-0.15, -0.1) is 0 Å². The van der Waals surface area contributed by atoms with Crippen molar-refractivity contribution >= 4 is 15.9 Å². The fourth-order valence-electron chi connectivity index (χ4n) is 1.11. The minimum atomic E-state index is -0.519.